The molecule has 2 aromatic carbocycles. The molecule has 3 rings (SSSR count). The van der Waals surface area contributed by atoms with Gasteiger partial charge in [-0.1, -0.05) is 18.2 Å². The summed E-state index contributed by atoms with van der Waals surface area (Å²) >= 11 is 0. The third-order valence-corrected chi connectivity index (χ3v) is 3.74. The summed E-state index contributed by atoms with van der Waals surface area (Å²) in [6.45, 7) is 3.88. The first-order valence-corrected chi connectivity index (χ1v) is 8.19. The molecule has 2 amide bonds. The number of para-hydroxylation sites is 1. The fourth-order valence-corrected chi connectivity index (χ4v) is 2.42. The molecular weight excluding hydrogens is 347 g/mol. The van der Waals surface area contributed by atoms with E-state index in [1.807, 2.05) is 0 Å². The molecule has 136 valence electrons. The molecule has 0 aliphatic rings. The summed E-state index contributed by atoms with van der Waals surface area (Å²) in [5.41, 5.74) is 1.51. The van der Waals surface area contributed by atoms with Gasteiger partial charge in [-0.3, -0.25) is 9.59 Å². The first-order valence-electron chi connectivity index (χ1n) is 8.19. The van der Waals surface area contributed by atoms with Crippen molar-refractivity contribution in [3.05, 3.63) is 90.5 Å². The second-order valence-electron chi connectivity index (χ2n) is 5.62. The minimum Gasteiger partial charge on any atom is -0.349 e. The lowest BCUT2D eigenvalue weighted by atomic mass is 10.1. The van der Waals surface area contributed by atoms with Gasteiger partial charge in [-0.15, -0.1) is 6.58 Å². The predicted octanol–water partition coefficient (Wildman–Crippen LogP) is 3.18. The quantitative estimate of drug-likeness (QED) is 0.660. The van der Waals surface area contributed by atoms with E-state index in [2.05, 4.69) is 22.3 Å². The smallest absolute Gasteiger partial charge is 0.276 e. The number of nitrogens with one attached hydrogen (secondary N) is 2. The third-order valence-electron chi connectivity index (χ3n) is 3.74. The van der Waals surface area contributed by atoms with Crippen molar-refractivity contribution in [2.45, 2.75) is 0 Å². The molecule has 3 aromatic rings. The van der Waals surface area contributed by atoms with E-state index in [4.69, 9.17) is 0 Å². The van der Waals surface area contributed by atoms with Crippen LogP contribution in [-0.2, 0) is 0 Å². The van der Waals surface area contributed by atoms with Gasteiger partial charge in [-0.05, 0) is 42.5 Å². The Labute approximate surface area is 155 Å². The molecule has 0 spiro atoms. The van der Waals surface area contributed by atoms with Gasteiger partial charge in [-0.25, -0.2) is 9.07 Å². The normalized spacial score (nSPS) is 10.3. The fraction of sp³-hybridized carbons (Fsp3) is 0.0500. The Kier molecular flexibility index (Phi) is 5.41. The van der Waals surface area contributed by atoms with E-state index in [1.165, 1.54) is 16.8 Å². The standard InChI is InChI=1S/C20H17FN4O2/c1-2-12-22-19(26)16-5-3-4-6-17(16)23-20(27)18-11-13-25(24-18)15-9-7-14(21)8-10-15/h2-11,13H,1,12H2,(H,22,26)(H,23,27). The zero-order valence-corrected chi connectivity index (χ0v) is 14.4. The summed E-state index contributed by atoms with van der Waals surface area (Å²) in [5, 5.41) is 9.57. The second-order valence-corrected chi connectivity index (χ2v) is 5.62. The largest absolute Gasteiger partial charge is 0.349 e. The van der Waals surface area contributed by atoms with Crippen LogP contribution in [0.25, 0.3) is 5.69 Å². The average molecular weight is 364 g/mol. The van der Waals surface area contributed by atoms with Crippen LogP contribution in [0.15, 0.2) is 73.4 Å². The van der Waals surface area contributed by atoms with Crippen LogP contribution in [0.5, 0.6) is 0 Å². The van der Waals surface area contributed by atoms with Gasteiger partial charge in [0.05, 0.1) is 16.9 Å². The molecule has 6 nitrogen and oxygen atoms in total. The number of halogens is 1. The minimum absolute atomic E-state index is 0.167. The Morgan fingerprint density at radius 1 is 1.07 bits per heavy atom. The molecule has 0 fully saturated rings. The van der Waals surface area contributed by atoms with Crippen LogP contribution in [0.4, 0.5) is 10.1 Å². The Hall–Kier alpha value is -3.74. The summed E-state index contributed by atoms with van der Waals surface area (Å²) in [6, 6.07) is 14.0. The summed E-state index contributed by atoms with van der Waals surface area (Å²) in [4.78, 5) is 24.7. The number of benzene rings is 2. The van der Waals surface area contributed by atoms with Crippen molar-refractivity contribution in [2.75, 3.05) is 11.9 Å². The molecule has 1 heterocycles. The van der Waals surface area contributed by atoms with Gasteiger partial charge in [0.25, 0.3) is 11.8 Å². The number of nitrogens with zero attached hydrogens (tertiary/aromatic N) is 2. The number of hydrogen-bond donors (Lipinski definition) is 2. The fourth-order valence-electron chi connectivity index (χ4n) is 2.42. The first kappa shape index (κ1) is 18.1. The molecule has 2 N–H and O–H groups in total. The Balaban J connectivity index is 1.77. The van der Waals surface area contributed by atoms with Gasteiger partial charge >= 0.3 is 0 Å². The zero-order chi connectivity index (χ0) is 19.2. The summed E-state index contributed by atoms with van der Waals surface area (Å²) in [6.07, 6.45) is 3.17. The van der Waals surface area contributed by atoms with Crippen molar-refractivity contribution in [1.29, 1.82) is 0 Å². The van der Waals surface area contributed by atoms with E-state index in [9.17, 15) is 14.0 Å². The Bertz CT molecular complexity index is 980. The van der Waals surface area contributed by atoms with Crippen LogP contribution in [0.1, 0.15) is 20.8 Å². The van der Waals surface area contributed by atoms with Crippen LogP contribution in [0.2, 0.25) is 0 Å². The molecular formula is C20H17FN4O2. The molecule has 27 heavy (non-hydrogen) atoms. The zero-order valence-electron chi connectivity index (χ0n) is 14.4. The topological polar surface area (TPSA) is 76.0 Å². The van der Waals surface area contributed by atoms with Crippen molar-refractivity contribution in [3.8, 4) is 5.69 Å². The highest BCUT2D eigenvalue weighted by atomic mass is 19.1. The number of hydrogen-bond acceptors (Lipinski definition) is 3. The highest BCUT2D eigenvalue weighted by molar-refractivity contribution is 6.08. The van der Waals surface area contributed by atoms with Crippen molar-refractivity contribution in [2.24, 2.45) is 0 Å². The van der Waals surface area contributed by atoms with E-state index in [0.29, 0.717) is 23.5 Å². The van der Waals surface area contributed by atoms with Gasteiger partial charge in [0.1, 0.15) is 5.82 Å². The summed E-state index contributed by atoms with van der Waals surface area (Å²) in [7, 11) is 0. The number of rotatable bonds is 6. The number of amides is 2. The molecule has 0 saturated carbocycles. The monoisotopic (exact) mass is 364 g/mol. The maximum absolute atomic E-state index is 13.0. The van der Waals surface area contributed by atoms with Crippen molar-refractivity contribution >= 4 is 17.5 Å². The van der Waals surface area contributed by atoms with Gasteiger partial charge in [0.15, 0.2) is 5.69 Å². The molecule has 0 bridgehead atoms. The second kappa shape index (κ2) is 8.09. The Morgan fingerprint density at radius 3 is 2.56 bits per heavy atom. The number of carbonyl (C=O) groups is 2. The van der Waals surface area contributed by atoms with E-state index in [1.54, 1.807) is 54.7 Å². The van der Waals surface area contributed by atoms with Crippen LogP contribution in [0.3, 0.4) is 0 Å². The lowest BCUT2D eigenvalue weighted by Crippen LogP contribution is -2.25. The van der Waals surface area contributed by atoms with E-state index < -0.39 is 5.91 Å². The van der Waals surface area contributed by atoms with Crippen LogP contribution < -0.4 is 10.6 Å². The van der Waals surface area contributed by atoms with Gasteiger partial charge in [0, 0.05) is 12.7 Å². The molecule has 0 saturated heterocycles. The first-order chi connectivity index (χ1) is 13.1. The van der Waals surface area contributed by atoms with Gasteiger partial charge in [0.2, 0.25) is 0 Å². The molecule has 0 radical (unpaired) electrons. The summed E-state index contributed by atoms with van der Waals surface area (Å²) in [5.74, 6) is -1.13. The lowest BCUT2D eigenvalue weighted by molar-refractivity contribution is 0.0959. The SMILES string of the molecule is C=CCNC(=O)c1ccccc1NC(=O)c1ccn(-c2ccc(F)cc2)n1. The van der Waals surface area contributed by atoms with E-state index in [0.717, 1.165) is 0 Å². The van der Waals surface area contributed by atoms with Crippen molar-refractivity contribution in [1.82, 2.24) is 15.1 Å². The third kappa shape index (κ3) is 4.27. The maximum Gasteiger partial charge on any atom is 0.276 e. The van der Waals surface area contributed by atoms with Gasteiger partial charge < -0.3 is 10.6 Å². The van der Waals surface area contributed by atoms with E-state index >= 15 is 0 Å². The van der Waals surface area contributed by atoms with Crippen LogP contribution >= 0.6 is 0 Å². The molecule has 0 unspecified atom stereocenters. The van der Waals surface area contributed by atoms with Gasteiger partial charge in [-0.2, -0.15) is 5.10 Å². The lowest BCUT2D eigenvalue weighted by Gasteiger charge is -2.10. The molecule has 0 aliphatic carbocycles. The number of aromatic nitrogens is 2. The highest BCUT2D eigenvalue weighted by Crippen LogP contribution is 2.16. The average Bonchev–Trinajstić information content (AvgIpc) is 3.17. The molecule has 0 atom stereocenters. The predicted molar refractivity (Wildman–Crippen MR) is 100 cm³/mol. The van der Waals surface area contributed by atoms with E-state index in [-0.39, 0.29) is 17.4 Å². The van der Waals surface area contributed by atoms with Crippen molar-refractivity contribution in [3.63, 3.8) is 0 Å². The van der Waals surface area contributed by atoms with Crippen LogP contribution in [-0.4, -0.2) is 28.1 Å². The Morgan fingerprint density at radius 2 is 1.81 bits per heavy atom. The van der Waals surface area contributed by atoms with Crippen LogP contribution in [0, 0.1) is 5.82 Å². The minimum atomic E-state index is -0.458. The molecule has 1 aromatic heterocycles. The number of anilines is 1. The highest BCUT2D eigenvalue weighted by Gasteiger charge is 2.15. The molecule has 0 aliphatic heterocycles. The maximum atomic E-state index is 13.0. The number of carbonyl (C=O) groups excluding carboxylic acids is 2. The van der Waals surface area contributed by atoms with Crippen molar-refractivity contribution < 1.29 is 14.0 Å². The summed E-state index contributed by atoms with van der Waals surface area (Å²) < 4.78 is 14.5. The molecule has 7 heteroatoms.